The molecule has 3 nitrogen and oxygen atoms in total. The van der Waals surface area contributed by atoms with Gasteiger partial charge in [-0.2, -0.15) is 0 Å². The molecule has 2 bridgehead atoms. The minimum absolute atomic E-state index is 0.0204. The summed E-state index contributed by atoms with van der Waals surface area (Å²) in [6, 6.07) is 4.58. The average molecular weight is 364 g/mol. The number of hydrogen-bond acceptors (Lipinski definition) is 3. The Hall–Kier alpha value is -1.24. The van der Waals surface area contributed by atoms with Crippen molar-refractivity contribution in [1.82, 2.24) is 0 Å². The first-order chi connectivity index (χ1) is 9.83. The van der Waals surface area contributed by atoms with Gasteiger partial charge in [-0.25, -0.2) is 0 Å². The number of halogens is 4. The van der Waals surface area contributed by atoms with E-state index >= 15 is 0 Å². The number of nitrogens with zero attached hydrogens (tertiary/aromatic N) is 1. The number of fused-ring (bicyclic) bond motifs is 2. The SMILES string of the molecule is O=C1CC2CCC(C1)N2c1ccc(Br)cc1OC(F)(F)F. The lowest BCUT2D eigenvalue weighted by molar-refractivity contribution is -0.274. The predicted molar refractivity (Wildman–Crippen MR) is 74.4 cm³/mol. The molecule has 2 unspecified atom stereocenters. The zero-order valence-electron chi connectivity index (χ0n) is 11.0. The average Bonchev–Trinajstić information content (AvgIpc) is 2.61. The van der Waals surface area contributed by atoms with E-state index in [4.69, 9.17) is 0 Å². The van der Waals surface area contributed by atoms with Gasteiger partial charge in [0.2, 0.25) is 0 Å². The lowest BCUT2D eigenvalue weighted by Crippen LogP contribution is -2.43. The highest BCUT2D eigenvalue weighted by Crippen LogP contribution is 2.44. The second-order valence-electron chi connectivity index (χ2n) is 5.40. The van der Waals surface area contributed by atoms with Crippen LogP contribution < -0.4 is 9.64 Å². The third-order valence-electron chi connectivity index (χ3n) is 3.97. The van der Waals surface area contributed by atoms with Gasteiger partial charge in [-0.05, 0) is 31.0 Å². The molecule has 0 saturated carbocycles. The van der Waals surface area contributed by atoms with Crippen LogP contribution in [0.3, 0.4) is 0 Å². The number of carbonyl (C=O) groups is 1. The minimum atomic E-state index is -4.74. The highest BCUT2D eigenvalue weighted by molar-refractivity contribution is 9.10. The number of benzene rings is 1. The van der Waals surface area contributed by atoms with Crippen molar-refractivity contribution >= 4 is 27.4 Å². The van der Waals surface area contributed by atoms with Crippen LogP contribution in [0.25, 0.3) is 0 Å². The molecule has 0 aromatic heterocycles. The summed E-state index contributed by atoms with van der Waals surface area (Å²) >= 11 is 3.16. The van der Waals surface area contributed by atoms with E-state index in [1.807, 2.05) is 4.90 Å². The molecule has 1 aromatic rings. The summed E-state index contributed by atoms with van der Waals surface area (Å²) in [4.78, 5) is 13.5. The van der Waals surface area contributed by atoms with Crippen molar-refractivity contribution in [3.05, 3.63) is 22.7 Å². The normalized spacial score (nSPS) is 25.3. The Labute approximate surface area is 128 Å². The summed E-state index contributed by atoms with van der Waals surface area (Å²) in [7, 11) is 0. The number of ether oxygens (including phenoxy) is 1. The summed E-state index contributed by atoms with van der Waals surface area (Å²) in [5.41, 5.74) is 0.413. The molecule has 1 aromatic carbocycles. The van der Waals surface area contributed by atoms with E-state index in [0.717, 1.165) is 12.8 Å². The van der Waals surface area contributed by atoms with Gasteiger partial charge in [0.05, 0.1) is 5.69 Å². The van der Waals surface area contributed by atoms with Gasteiger partial charge in [0, 0.05) is 29.4 Å². The molecule has 3 rings (SSSR count). The summed E-state index contributed by atoms with van der Waals surface area (Å²) in [5, 5.41) is 0. The van der Waals surface area contributed by atoms with Crippen molar-refractivity contribution in [2.45, 2.75) is 44.1 Å². The van der Waals surface area contributed by atoms with Crippen molar-refractivity contribution in [2.75, 3.05) is 4.90 Å². The molecular formula is C14H13BrF3NO2. The topological polar surface area (TPSA) is 29.5 Å². The molecule has 21 heavy (non-hydrogen) atoms. The van der Waals surface area contributed by atoms with Crippen molar-refractivity contribution in [1.29, 1.82) is 0 Å². The first-order valence-corrected chi connectivity index (χ1v) is 7.48. The lowest BCUT2D eigenvalue weighted by atomic mass is 10.0. The molecule has 2 heterocycles. The Bertz CT molecular complexity index is 560. The lowest BCUT2D eigenvalue weighted by Gasteiger charge is -2.37. The van der Waals surface area contributed by atoms with Gasteiger partial charge in [0.15, 0.2) is 5.75 Å². The van der Waals surface area contributed by atoms with Crippen molar-refractivity contribution in [3.63, 3.8) is 0 Å². The van der Waals surface area contributed by atoms with Crippen LogP contribution >= 0.6 is 15.9 Å². The quantitative estimate of drug-likeness (QED) is 0.793. The highest BCUT2D eigenvalue weighted by Gasteiger charge is 2.42. The van der Waals surface area contributed by atoms with Gasteiger partial charge >= 0.3 is 6.36 Å². The van der Waals surface area contributed by atoms with Crippen LogP contribution in [0, 0.1) is 0 Å². The maximum atomic E-state index is 12.6. The number of anilines is 1. The fourth-order valence-corrected chi connectivity index (χ4v) is 3.61. The van der Waals surface area contributed by atoms with Gasteiger partial charge in [0.1, 0.15) is 5.78 Å². The molecule has 2 aliphatic rings. The number of alkyl halides is 3. The molecule has 2 saturated heterocycles. The van der Waals surface area contributed by atoms with Crippen LogP contribution in [0.15, 0.2) is 22.7 Å². The summed E-state index contributed by atoms with van der Waals surface area (Å²) in [6.07, 6.45) is -2.27. The van der Waals surface area contributed by atoms with Crippen molar-refractivity contribution < 1.29 is 22.7 Å². The zero-order valence-corrected chi connectivity index (χ0v) is 12.6. The molecule has 0 spiro atoms. The maximum absolute atomic E-state index is 12.6. The van der Waals surface area contributed by atoms with Gasteiger partial charge < -0.3 is 9.64 Å². The molecule has 7 heteroatoms. The largest absolute Gasteiger partial charge is 0.573 e. The standard InChI is InChI=1S/C14H13BrF3NO2/c15-8-1-4-12(13(5-8)21-14(16,17)18)19-9-2-3-10(19)7-11(20)6-9/h1,4-5,9-10H,2-3,6-7H2. The number of piperidine rings is 1. The first kappa shape index (κ1) is 14.7. The Morgan fingerprint density at radius 2 is 1.81 bits per heavy atom. The monoisotopic (exact) mass is 363 g/mol. The Kier molecular flexibility index (Phi) is 3.63. The number of rotatable bonds is 2. The second kappa shape index (κ2) is 5.19. The van der Waals surface area contributed by atoms with Crippen molar-refractivity contribution in [3.8, 4) is 5.75 Å². The van der Waals surface area contributed by atoms with E-state index in [1.54, 1.807) is 12.1 Å². The molecule has 0 amide bonds. The molecular weight excluding hydrogens is 351 g/mol. The summed E-state index contributed by atoms with van der Waals surface area (Å²) in [5.74, 6) is -0.0303. The van der Waals surface area contributed by atoms with Crippen molar-refractivity contribution in [2.24, 2.45) is 0 Å². The summed E-state index contributed by atoms with van der Waals surface area (Å²) in [6.45, 7) is 0. The molecule has 0 N–H and O–H groups in total. The Morgan fingerprint density at radius 3 is 2.38 bits per heavy atom. The van der Waals surface area contributed by atoms with Crippen LogP contribution in [0.4, 0.5) is 18.9 Å². The second-order valence-corrected chi connectivity index (χ2v) is 6.31. The Balaban J connectivity index is 1.97. The smallest absolute Gasteiger partial charge is 0.404 e. The van der Waals surface area contributed by atoms with Gasteiger partial charge in [0.25, 0.3) is 0 Å². The van der Waals surface area contributed by atoms with Crippen LogP contribution in [0.5, 0.6) is 5.75 Å². The van der Waals surface area contributed by atoms with E-state index < -0.39 is 6.36 Å². The van der Waals surface area contributed by atoms with E-state index in [-0.39, 0.29) is 23.6 Å². The van der Waals surface area contributed by atoms with Crippen LogP contribution in [0.1, 0.15) is 25.7 Å². The zero-order chi connectivity index (χ0) is 15.2. The predicted octanol–water partition coefficient (Wildman–Crippen LogP) is 4.05. The van der Waals surface area contributed by atoms with Crippen LogP contribution in [-0.2, 0) is 4.79 Å². The molecule has 2 fully saturated rings. The van der Waals surface area contributed by atoms with E-state index in [0.29, 0.717) is 23.0 Å². The third kappa shape index (κ3) is 3.02. The van der Waals surface area contributed by atoms with Crippen LogP contribution in [-0.4, -0.2) is 24.2 Å². The fraction of sp³-hybridized carbons (Fsp3) is 0.500. The van der Waals surface area contributed by atoms with Crippen LogP contribution in [0.2, 0.25) is 0 Å². The van der Waals surface area contributed by atoms with E-state index in [1.165, 1.54) is 6.07 Å². The third-order valence-corrected chi connectivity index (χ3v) is 4.47. The van der Waals surface area contributed by atoms with E-state index in [2.05, 4.69) is 20.7 Å². The summed E-state index contributed by atoms with van der Waals surface area (Å²) < 4.78 is 42.4. The Morgan fingerprint density at radius 1 is 1.19 bits per heavy atom. The van der Waals surface area contributed by atoms with Gasteiger partial charge in [-0.1, -0.05) is 15.9 Å². The molecule has 114 valence electrons. The first-order valence-electron chi connectivity index (χ1n) is 6.69. The molecule has 2 atom stereocenters. The minimum Gasteiger partial charge on any atom is -0.404 e. The van der Waals surface area contributed by atoms with Gasteiger partial charge in [-0.15, -0.1) is 13.2 Å². The number of Topliss-reactive ketones (excluding diaryl/α,β-unsaturated/α-hetero) is 1. The number of carbonyl (C=O) groups excluding carboxylic acids is 1. The number of ketones is 1. The highest BCUT2D eigenvalue weighted by atomic mass is 79.9. The number of hydrogen-bond donors (Lipinski definition) is 0. The molecule has 0 radical (unpaired) electrons. The van der Waals surface area contributed by atoms with E-state index in [9.17, 15) is 18.0 Å². The maximum Gasteiger partial charge on any atom is 0.573 e. The van der Waals surface area contributed by atoms with Gasteiger partial charge in [-0.3, -0.25) is 4.79 Å². The molecule has 0 aliphatic carbocycles. The fourth-order valence-electron chi connectivity index (χ4n) is 3.27. The molecule has 2 aliphatic heterocycles.